The lowest BCUT2D eigenvalue weighted by atomic mass is 10.00. The summed E-state index contributed by atoms with van der Waals surface area (Å²) < 4.78 is 10.6. The molecule has 2 N–H and O–H groups in total. The van der Waals surface area contributed by atoms with E-state index < -0.39 is 5.63 Å². The number of benzene rings is 1. The molecule has 1 fully saturated rings. The van der Waals surface area contributed by atoms with Gasteiger partial charge in [-0.2, -0.15) is 0 Å². The van der Waals surface area contributed by atoms with Crippen molar-refractivity contribution in [3.8, 4) is 11.5 Å². The first-order valence-electron chi connectivity index (χ1n) is 9.76. The SMILES string of the molecule is COc1cc(O)c(C=O)c2oc(=O)c(CC(=O)NCCN3CCCCC3)c(C)c12. The highest BCUT2D eigenvalue weighted by molar-refractivity contribution is 6.02. The number of ether oxygens (including phenoxy) is 1. The fourth-order valence-corrected chi connectivity index (χ4v) is 3.80. The second-order valence-corrected chi connectivity index (χ2v) is 7.26. The van der Waals surface area contributed by atoms with Gasteiger partial charge in [-0.25, -0.2) is 4.79 Å². The molecule has 1 aromatic carbocycles. The zero-order chi connectivity index (χ0) is 21.0. The van der Waals surface area contributed by atoms with E-state index in [1.807, 2.05) is 0 Å². The van der Waals surface area contributed by atoms with Crippen molar-refractivity contribution in [3.05, 3.63) is 33.2 Å². The average molecular weight is 402 g/mol. The third-order valence-corrected chi connectivity index (χ3v) is 5.40. The Morgan fingerprint density at radius 2 is 2.07 bits per heavy atom. The molecule has 0 unspecified atom stereocenters. The number of nitrogens with one attached hydrogen (secondary N) is 1. The van der Waals surface area contributed by atoms with Crippen molar-refractivity contribution in [2.75, 3.05) is 33.3 Å². The van der Waals surface area contributed by atoms with Gasteiger partial charge in [0.25, 0.3) is 0 Å². The van der Waals surface area contributed by atoms with E-state index in [-0.39, 0.29) is 40.5 Å². The van der Waals surface area contributed by atoms with E-state index in [2.05, 4.69) is 10.2 Å². The Morgan fingerprint density at radius 1 is 1.34 bits per heavy atom. The molecule has 0 saturated carbocycles. The van der Waals surface area contributed by atoms with Crippen LogP contribution in [0.3, 0.4) is 0 Å². The smallest absolute Gasteiger partial charge is 0.340 e. The predicted molar refractivity (Wildman–Crippen MR) is 108 cm³/mol. The summed E-state index contributed by atoms with van der Waals surface area (Å²) in [5.41, 5.74) is -0.194. The number of aromatic hydroxyl groups is 1. The zero-order valence-electron chi connectivity index (χ0n) is 16.7. The summed E-state index contributed by atoms with van der Waals surface area (Å²) in [6.07, 6.45) is 3.92. The Labute approximate surface area is 168 Å². The number of fused-ring (bicyclic) bond motifs is 1. The lowest BCUT2D eigenvalue weighted by Crippen LogP contribution is -2.38. The van der Waals surface area contributed by atoms with Gasteiger partial charge in [0, 0.05) is 19.2 Å². The van der Waals surface area contributed by atoms with Crippen LogP contribution in [0.5, 0.6) is 11.5 Å². The zero-order valence-corrected chi connectivity index (χ0v) is 16.7. The minimum atomic E-state index is -0.711. The minimum Gasteiger partial charge on any atom is -0.507 e. The van der Waals surface area contributed by atoms with Crippen LogP contribution in [0.2, 0.25) is 0 Å². The Hall–Kier alpha value is -2.87. The maximum Gasteiger partial charge on any atom is 0.340 e. The number of aldehydes is 1. The number of rotatable bonds is 7. The number of likely N-dealkylation sites (tertiary alicyclic amines) is 1. The van der Waals surface area contributed by atoms with Crippen molar-refractivity contribution in [1.29, 1.82) is 0 Å². The van der Waals surface area contributed by atoms with Crippen molar-refractivity contribution in [2.45, 2.75) is 32.6 Å². The fraction of sp³-hybridized carbons (Fsp3) is 0.476. The van der Waals surface area contributed by atoms with E-state index in [0.717, 1.165) is 19.6 Å². The molecule has 0 aliphatic carbocycles. The number of nitrogens with zero attached hydrogens (tertiary/aromatic N) is 1. The molecule has 0 bridgehead atoms. The third-order valence-electron chi connectivity index (χ3n) is 5.40. The summed E-state index contributed by atoms with van der Waals surface area (Å²) in [7, 11) is 1.41. The molecule has 1 aromatic heterocycles. The summed E-state index contributed by atoms with van der Waals surface area (Å²) >= 11 is 0. The quantitative estimate of drug-likeness (QED) is 0.537. The maximum absolute atomic E-state index is 12.5. The van der Waals surface area contributed by atoms with Crippen LogP contribution in [-0.2, 0) is 11.2 Å². The molecule has 29 heavy (non-hydrogen) atoms. The van der Waals surface area contributed by atoms with Crippen LogP contribution < -0.4 is 15.7 Å². The van der Waals surface area contributed by atoms with Crippen molar-refractivity contribution in [3.63, 3.8) is 0 Å². The Bertz CT molecular complexity index is 976. The number of aryl methyl sites for hydroxylation is 1. The Kier molecular flexibility index (Phi) is 6.53. The lowest BCUT2D eigenvalue weighted by molar-refractivity contribution is -0.120. The Morgan fingerprint density at radius 3 is 2.72 bits per heavy atom. The van der Waals surface area contributed by atoms with Crippen molar-refractivity contribution < 1.29 is 23.8 Å². The highest BCUT2D eigenvalue weighted by Crippen LogP contribution is 2.36. The molecule has 2 heterocycles. The van der Waals surface area contributed by atoms with Gasteiger partial charge in [0.15, 0.2) is 11.9 Å². The summed E-state index contributed by atoms with van der Waals surface area (Å²) in [6, 6.07) is 1.29. The van der Waals surface area contributed by atoms with Crippen molar-refractivity contribution in [1.82, 2.24) is 10.2 Å². The number of phenols is 1. The van der Waals surface area contributed by atoms with Gasteiger partial charge in [-0.05, 0) is 38.4 Å². The van der Waals surface area contributed by atoms with E-state index in [0.29, 0.717) is 23.8 Å². The lowest BCUT2D eigenvalue weighted by Gasteiger charge is -2.26. The van der Waals surface area contributed by atoms with Gasteiger partial charge in [0.1, 0.15) is 11.5 Å². The number of phenolic OH excluding ortho intramolecular Hbond substituents is 1. The monoisotopic (exact) mass is 402 g/mol. The number of hydrogen-bond acceptors (Lipinski definition) is 7. The summed E-state index contributed by atoms with van der Waals surface area (Å²) in [5, 5.41) is 13.2. The van der Waals surface area contributed by atoms with E-state index in [1.165, 1.54) is 32.4 Å². The second-order valence-electron chi connectivity index (χ2n) is 7.26. The molecule has 1 saturated heterocycles. The Balaban J connectivity index is 1.82. The standard InChI is InChI=1S/C21H26N2O6/c1-13-14(10-18(26)22-6-9-23-7-4-3-5-8-23)21(27)29-20-15(12-24)16(25)11-17(28-2)19(13)20/h11-12,25H,3-10H2,1-2H3,(H,22,26). The summed E-state index contributed by atoms with van der Waals surface area (Å²) in [4.78, 5) is 38.5. The van der Waals surface area contributed by atoms with E-state index in [1.54, 1.807) is 6.92 Å². The average Bonchev–Trinajstić information content (AvgIpc) is 2.71. The molecule has 156 valence electrons. The van der Waals surface area contributed by atoms with Gasteiger partial charge in [-0.1, -0.05) is 6.42 Å². The number of amides is 1. The number of carbonyl (C=O) groups is 2. The molecule has 1 aliphatic rings. The molecule has 1 amide bonds. The highest BCUT2D eigenvalue weighted by atomic mass is 16.5. The first kappa shape index (κ1) is 20.9. The molecule has 2 aromatic rings. The van der Waals surface area contributed by atoms with Crippen LogP contribution in [0, 0.1) is 6.92 Å². The number of hydrogen-bond donors (Lipinski definition) is 2. The molecule has 1 aliphatic heterocycles. The molecular formula is C21H26N2O6. The van der Waals surface area contributed by atoms with Gasteiger partial charge in [0.2, 0.25) is 5.91 Å². The van der Waals surface area contributed by atoms with Gasteiger partial charge >= 0.3 is 5.63 Å². The van der Waals surface area contributed by atoms with Gasteiger partial charge in [-0.15, -0.1) is 0 Å². The van der Waals surface area contributed by atoms with Crippen LogP contribution in [0.1, 0.15) is 40.7 Å². The van der Waals surface area contributed by atoms with Crippen LogP contribution in [-0.4, -0.2) is 55.5 Å². The van der Waals surface area contributed by atoms with Crippen molar-refractivity contribution in [2.24, 2.45) is 0 Å². The van der Waals surface area contributed by atoms with Gasteiger partial charge in [0.05, 0.1) is 30.0 Å². The molecule has 3 rings (SSSR count). The number of piperidine rings is 1. The minimum absolute atomic E-state index is 0.0476. The van der Waals surface area contributed by atoms with E-state index in [4.69, 9.17) is 9.15 Å². The molecule has 8 heteroatoms. The maximum atomic E-state index is 12.5. The van der Waals surface area contributed by atoms with E-state index >= 15 is 0 Å². The molecule has 8 nitrogen and oxygen atoms in total. The topological polar surface area (TPSA) is 109 Å². The molecule has 0 spiro atoms. The summed E-state index contributed by atoms with van der Waals surface area (Å²) in [5.74, 6) is -0.351. The van der Waals surface area contributed by atoms with Crippen molar-refractivity contribution >= 4 is 23.2 Å². The second kappa shape index (κ2) is 9.09. The normalized spacial score (nSPS) is 14.7. The highest BCUT2D eigenvalue weighted by Gasteiger charge is 2.22. The van der Waals surface area contributed by atoms with Gasteiger partial charge in [-0.3, -0.25) is 9.59 Å². The van der Waals surface area contributed by atoms with E-state index in [9.17, 15) is 19.5 Å². The van der Waals surface area contributed by atoms with Crippen LogP contribution in [0.4, 0.5) is 0 Å². The number of methoxy groups -OCH3 is 1. The van der Waals surface area contributed by atoms with Gasteiger partial charge < -0.3 is 24.5 Å². The fourth-order valence-electron chi connectivity index (χ4n) is 3.80. The first-order chi connectivity index (χ1) is 14.0. The van der Waals surface area contributed by atoms with Crippen LogP contribution in [0.15, 0.2) is 15.3 Å². The number of carbonyl (C=O) groups excluding carboxylic acids is 2. The first-order valence-corrected chi connectivity index (χ1v) is 9.76. The van der Waals surface area contributed by atoms with Crippen LogP contribution >= 0.6 is 0 Å². The van der Waals surface area contributed by atoms with Crippen LogP contribution in [0.25, 0.3) is 11.0 Å². The summed E-state index contributed by atoms with van der Waals surface area (Å²) in [6.45, 7) is 5.07. The molecule has 0 atom stereocenters. The predicted octanol–water partition coefficient (Wildman–Crippen LogP) is 1.77. The molecular weight excluding hydrogens is 376 g/mol. The largest absolute Gasteiger partial charge is 0.507 e. The third kappa shape index (κ3) is 4.42. The molecule has 0 radical (unpaired) electrons.